The van der Waals surface area contributed by atoms with Crippen LogP contribution in [0, 0.1) is 17.3 Å². The predicted octanol–water partition coefficient (Wildman–Crippen LogP) is 3.72. The second-order valence-electron chi connectivity index (χ2n) is 8.36. The maximum Gasteiger partial charge on any atom is 0.191 e. The van der Waals surface area contributed by atoms with Gasteiger partial charge in [-0.25, -0.2) is 0 Å². The molecule has 2 fully saturated rings. The van der Waals surface area contributed by atoms with Crippen molar-refractivity contribution in [1.82, 2.24) is 15.5 Å². The fourth-order valence-electron chi connectivity index (χ4n) is 4.44. The van der Waals surface area contributed by atoms with Crippen molar-refractivity contribution >= 4 is 29.9 Å². The Kier molecular flexibility index (Phi) is 9.94. The summed E-state index contributed by atoms with van der Waals surface area (Å²) >= 11 is 0. The molecule has 0 bridgehead atoms. The van der Waals surface area contributed by atoms with Crippen molar-refractivity contribution in [2.45, 2.75) is 58.8 Å². The van der Waals surface area contributed by atoms with Gasteiger partial charge in [0.25, 0.3) is 0 Å². The third-order valence-electron chi connectivity index (χ3n) is 5.76. The fourth-order valence-corrected chi connectivity index (χ4v) is 4.44. The lowest BCUT2D eigenvalue weighted by Crippen LogP contribution is -2.45. The first-order chi connectivity index (χ1) is 11.0. The number of nitrogens with one attached hydrogen (secondary N) is 2. The largest absolute Gasteiger partial charge is 0.356 e. The zero-order valence-corrected chi connectivity index (χ0v) is 18.6. The molecule has 1 aliphatic heterocycles. The van der Waals surface area contributed by atoms with Crippen LogP contribution in [0.25, 0.3) is 0 Å². The summed E-state index contributed by atoms with van der Waals surface area (Å²) in [4.78, 5) is 6.87. The number of hydrogen-bond acceptors (Lipinski definition) is 2. The molecule has 24 heavy (non-hydrogen) atoms. The minimum atomic E-state index is 0. The Morgan fingerprint density at radius 1 is 1.17 bits per heavy atom. The van der Waals surface area contributed by atoms with Gasteiger partial charge in [0.1, 0.15) is 0 Å². The van der Waals surface area contributed by atoms with Crippen LogP contribution in [0.2, 0.25) is 0 Å². The third kappa shape index (κ3) is 7.06. The highest BCUT2D eigenvalue weighted by Crippen LogP contribution is 2.42. The molecule has 142 valence electrons. The second kappa shape index (κ2) is 10.8. The average molecular weight is 450 g/mol. The van der Waals surface area contributed by atoms with E-state index in [1.54, 1.807) is 0 Å². The van der Waals surface area contributed by atoms with Crippen LogP contribution in [0.1, 0.15) is 58.8 Å². The van der Waals surface area contributed by atoms with Gasteiger partial charge in [0.2, 0.25) is 0 Å². The van der Waals surface area contributed by atoms with Crippen molar-refractivity contribution in [3.8, 4) is 0 Å². The highest BCUT2D eigenvalue weighted by Gasteiger charge is 2.34. The van der Waals surface area contributed by atoms with Crippen molar-refractivity contribution in [2.24, 2.45) is 22.2 Å². The molecule has 2 rings (SSSR count). The van der Waals surface area contributed by atoms with E-state index in [4.69, 9.17) is 0 Å². The number of nitrogens with zero attached hydrogens (tertiary/aromatic N) is 2. The van der Waals surface area contributed by atoms with Crippen molar-refractivity contribution in [1.29, 1.82) is 0 Å². The normalized spacial score (nSPS) is 22.5. The fraction of sp³-hybridized carbons (Fsp3) is 0.947. The molecule has 0 atom stereocenters. The SMILES string of the molecule is CN=C(NCC1CCN(C)CC1)NCC1(CC(C)C)CCCC1.I. The van der Waals surface area contributed by atoms with E-state index in [1.807, 2.05) is 7.05 Å². The third-order valence-corrected chi connectivity index (χ3v) is 5.76. The lowest BCUT2D eigenvalue weighted by atomic mass is 9.78. The molecule has 0 aromatic heterocycles. The molecule has 0 aromatic rings. The van der Waals surface area contributed by atoms with Gasteiger partial charge in [0.05, 0.1) is 0 Å². The van der Waals surface area contributed by atoms with E-state index >= 15 is 0 Å². The lowest BCUT2D eigenvalue weighted by Gasteiger charge is -2.32. The molecule has 0 unspecified atom stereocenters. The zero-order chi connectivity index (χ0) is 16.7. The average Bonchev–Trinajstić information content (AvgIpc) is 2.97. The number of rotatable bonds is 6. The number of halogens is 1. The first kappa shape index (κ1) is 22.0. The maximum atomic E-state index is 4.44. The molecule has 5 heteroatoms. The summed E-state index contributed by atoms with van der Waals surface area (Å²) in [5.74, 6) is 2.57. The first-order valence-electron chi connectivity index (χ1n) is 9.66. The van der Waals surface area contributed by atoms with E-state index in [1.165, 1.54) is 58.0 Å². The quantitative estimate of drug-likeness (QED) is 0.368. The van der Waals surface area contributed by atoms with E-state index in [0.717, 1.165) is 30.9 Å². The molecule has 0 radical (unpaired) electrons. The van der Waals surface area contributed by atoms with E-state index in [-0.39, 0.29) is 24.0 Å². The lowest BCUT2D eigenvalue weighted by molar-refractivity contribution is 0.219. The van der Waals surface area contributed by atoms with E-state index in [0.29, 0.717) is 5.41 Å². The van der Waals surface area contributed by atoms with Gasteiger partial charge in [0.15, 0.2) is 5.96 Å². The number of likely N-dealkylation sites (tertiary alicyclic amines) is 1. The number of hydrogen-bond donors (Lipinski definition) is 2. The van der Waals surface area contributed by atoms with Gasteiger partial charge in [-0.3, -0.25) is 4.99 Å². The molecule has 0 spiro atoms. The minimum absolute atomic E-state index is 0. The first-order valence-corrected chi connectivity index (χ1v) is 9.66. The summed E-state index contributed by atoms with van der Waals surface area (Å²) in [7, 11) is 4.12. The predicted molar refractivity (Wildman–Crippen MR) is 115 cm³/mol. The van der Waals surface area contributed by atoms with Crippen molar-refractivity contribution < 1.29 is 0 Å². The summed E-state index contributed by atoms with van der Waals surface area (Å²) < 4.78 is 0. The molecule has 1 heterocycles. The Morgan fingerprint density at radius 3 is 2.33 bits per heavy atom. The molecular weight excluding hydrogens is 411 g/mol. The van der Waals surface area contributed by atoms with Crippen LogP contribution in [0.15, 0.2) is 4.99 Å². The van der Waals surface area contributed by atoms with E-state index in [2.05, 4.69) is 41.4 Å². The highest BCUT2D eigenvalue weighted by atomic mass is 127. The smallest absolute Gasteiger partial charge is 0.191 e. The maximum absolute atomic E-state index is 4.44. The summed E-state index contributed by atoms with van der Waals surface area (Å²) in [5, 5.41) is 7.20. The minimum Gasteiger partial charge on any atom is -0.356 e. The van der Waals surface area contributed by atoms with Crippen molar-refractivity contribution in [3.05, 3.63) is 0 Å². The molecule has 2 N–H and O–H groups in total. The Morgan fingerprint density at radius 2 is 1.79 bits per heavy atom. The molecule has 0 amide bonds. The van der Waals surface area contributed by atoms with Gasteiger partial charge in [-0.1, -0.05) is 26.7 Å². The number of piperidine rings is 1. The monoisotopic (exact) mass is 450 g/mol. The van der Waals surface area contributed by atoms with Gasteiger partial charge >= 0.3 is 0 Å². The summed E-state index contributed by atoms with van der Waals surface area (Å²) in [6, 6.07) is 0. The van der Waals surface area contributed by atoms with Crippen molar-refractivity contribution in [3.63, 3.8) is 0 Å². The summed E-state index contributed by atoms with van der Waals surface area (Å²) in [6.45, 7) is 9.31. The molecular formula is C19H39IN4. The van der Waals surface area contributed by atoms with Crippen molar-refractivity contribution in [2.75, 3.05) is 40.3 Å². The van der Waals surface area contributed by atoms with Crippen LogP contribution >= 0.6 is 24.0 Å². The van der Waals surface area contributed by atoms with Gasteiger partial charge in [-0.05, 0) is 69.5 Å². The molecule has 1 saturated carbocycles. The summed E-state index contributed by atoms with van der Waals surface area (Å²) in [5.41, 5.74) is 0.499. The Balaban J connectivity index is 0.00000288. The Labute approximate surface area is 166 Å². The van der Waals surface area contributed by atoms with Crippen LogP contribution < -0.4 is 10.6 Å². The molecule has 4 nitrogen and oxygen atoms in total. The van der Waals surface area contributed by atoms with Gasteiger partial charge < -0.3 is 15.5 Å². The number of aliphatic imine (C=N–C) groups is 1. The molecule has 2 aliphatic rings. The molecule has 0 aromatic carbocycles. The van der Waals surface area contributed by atoms with Crippen LogP contribution in [-0.2, 0) is 0 Å². The Bertz CT molecular complexity index is 370. The van der Waals surface area contributed by atoms with Gasteiger partial charge in [-0.2, -0.15) is 0 Å². The van der Waals surface area contributed by atoms with Crippen LogP contribution in [0.3, 0.4) is 0 Å². The highest BCUT2D eigenvalue weighted by molar-refractivity contribution is 14.0. The molecule has 1 saturated heterocycles. The standard InChI is InChI=1S/C19H38N4.HI/c1-16(2)13-19(9-5-6-10-19)15-22-18(20-3)21-14-17-7-11-23(4)12-8-17;/h16-17H,5-15H2,1-4H3,(H2,20,21,22);1H. The number of guanidine groups is 1. The van der Waals surface area contributed by atoms with Crippen LogP contribution in [-0.4, -0.2) is 51.1 Å². The van der Waals surface area contributed by atoms with E-state index in [9.17, 15) is 0 Å². The van der Waals surface area contributed by atoms with Gasteiger partial charge in [-0.15, -0.1) is 24.0 Å². The van der Waals surface area contributed by atoms with E-state index < -0.39 is 0 Å². The Hall–Kier alpha value is -0.0400. The zero-order valence-electron chi connectivity index (χ0n) is 16.2. The topological polar surface area (TPSA) is 39.7 Å². The van der Waals surface area contributed by atoms with Crippen LogP contribution in [0.4, 0.5) is 0 Å². The molecule has 1 aliphatic carbocycles. The summed E-state index contributed by atoms with van der Waals surface area (Å²) in [6.07, 6.45) is 9.50. The van der Waals surface area contributed by atoms with Crippen LogP contribution in [0.5, 0.6) is 0 Å². The second-order valence-corrected chi connectivity index (χ2v) is 8.36. The van der Waals surface area contributed by atoms with Gasteiger partial charge in [0, 0.05) is 20.1 Å².